The van der Waals surface area contributed by atoms with Crippen LogP contribution >= 0.6 is 22.6 Å². The second kappa shape index (κ2) is 23.5. The molecular formula is C27H55I. The van der Waals surface area contributed by atoms with Crippen molar-refractivity contribution in [1.29, 1.82) is 0 Å². The highest BCUT2D eigenvalue weighted by atomic mass is 127. The lowest BCUT2D eigenvalue weighted by Crippen LogP contribution is -2.04. The van der Waals surface area contributed by atoms with E-state index in [2.05, 4.69) is 123 Å². The molecule has 0 aromatic carbocycles. The molecule has 0 spiro atoms. The van der Waals surface area contributed by atoms with Crippen molar-refractivity contribution in [3.05, 3.63) is 24.3 Å². The third-order valence-corrected chi connectivity index (χ3v) is 6.15. The second-order valence-corrected chi connectivity index (χ2v) is 10.5. The fraction of sp³-hybridized carbons (Fsp3) is 0.852. The van der Waals surface area contributed by atoms with E-state index in [0.717, 1.165) is 35.5 Å². The van der Waals surface area contributed by atoms with Gasteiger partial charge in [-0.15, -0.1) is 0 Å². The molecule has 0 unspecified atom stereocenters. The number of alkyl halides is 1. The van der Waals surface area contributed by atoms with E-state index in [1.165, 1.54) is 36.5 Å². The SMILES string of the molecule is C/C=C/[C@H](C)CC.CC(C)C[C@@H](C)CI.CC/C=C/[C@H](C)C[C@H](C)CC(C)C. The summed E-state index contributed by atoms with van der Waals surface area (Å²) in [6, 6.07) is 0. The molecule has 0 aromatic heterocycles. The van der Waals surface area contributed by atoms with Gasteiger partial charge in [0.2, 0.25) is 0 Å². The molecule has 170 valence electrons. The maximum Gasteiger partial charge on any atom is 0.00211 e. The van der Waals surface area contributed by atoms with E-state index in [4.69, 9.17) is 0 Å². The van der Waals surface area contributed by atoms with Gasteiger partial charge in [0.05, 0.1) is 0 Å². The molecule has 0 aliphatic heterocycles. The maximum atomic E-state index is 2.45. The van der Waals surface area contributed by atoms with Crippen molar-refractivity contribution in [2.75, 3.05) is 4.43 Å². The largest absolute Gasteiger partial charge is 0.0914 e. The molecule has 0 aromatic rings. The fourth-order valence-corrected chi connectivity index (χ4v) is 3.67. The van der Waals surface area contributed by atoms with Crippen LogP contribution in [0.4, 0.5) is 0 Å². The molecule has 0 radical (unpaired) electrons. The topological polar surface area (TPSA) is 0 Å². The third kappa shape index (κ3) is 30.9. The van der Waals surface area contributed by atoms with Gasteiger partial charge < -0.3 is 0 Å². The van der Waals surface area contributed by atoms with Gasteiger partial charge >= 0.3 is 0 Å². The van der Waals surface area contributed by atoms with Crippen LogP contribution in [0.5, 0.6) is 0 Å². The second-order valence-electron chi connectivity index (χ2n) is 9.58. The first kappa shape index (κ1) is 32.9. The van der Waals surface area contributed by atoms with Gasteiger partial charge in [0.25, 0.3) is 0 Å². The van der Waals surface area contributed by atoms with Crippen molar-refractivity contribution in [3.8, 4) is 0 Å². The molecule has 0 fully saturated rings. The molecule has 0 saturated carbocycles. The van der Waals surface area contributed by atoms with Gasteiger partial charge in [-0.05, 0) is 68.1 Å². The van der Waals surface area contributed by atoms with Gasteiger partial charge in [-0.3, -0.25) is 0 Å². The molecule has 0 aliphatic rings. The van der Waals surface area contributed by atoms with Crippen LogP contribution in [0.3, 0.4) is 0 Å². The summed E-state index contributed by atoms with van der Waals surface area (Å²) in [4.78, 5) is 0. The lowest BCUT2D eigenvalue weighted by atomic mass is 9.90. The van der Waals surface area contributed by atoms with E-state index in [1.54, 1.807) is 0 Å². The summed E-state index contributed by atoms with van der Waals surface area (Å²) < 4.78 is 1.30. The Labute approximate surface area is 194 Å². The van der Waals surface area contributed by atoms with Crippen LogP contribution in [0.25, 0.3) is 0 Å². The highest BCUT2D eigenvalue weighted by Gasteiger charge is 2.07. The standard InChI is InChI=1S/C13H26.C7H15I.C7H14/c1-6-7-8-12(4)10-13(5)9-11(2)3;1-6(2)4-7(3)5-8;1-4-6-7(3)5-2/h7-8,11-13H,6,9-10H2,1-5H3;6-7H,4-5H2,1-3H3;4,6-7H,5H2,1-3H3/b8-7+;;6-4+/t12-,13+;2*7-/m011/s1. The van der Waals surface area contributed by atoms with E-state index in [1.807, 2.05) is 0 Å². The Morgan fingerprint density at radius 1 is 0.679 bits per heavy atom. The summed E-state index contributed by atoms with van der Waals surface area (Å²) in [5, 5.41) is 0. The zero-order chi connectivity index (χ0) is 22.5. The molecule has 0 N–H and O–H groups in total. The van der Waals surface area contributed by atoms with Crippen molar-refractivity contribution >= 4 is 22.6 Å². The molecule has 0 nitrogen and oxygen atoms in total. The van der Waals surface area contributed by atoms with Crippen molar-refractivity contribution < 1.29 is 0 Å². The number of hydrogen-bond donors (Lipinski definition) is 0. The van der Waals surface area contributed by atoms with Gasteiger partial charge in [0.1, 0.15) is 0 Å². The first-order valence-corrected chi connectivity index (χ1v) is 13.4. The average molecular weight is 507 g/mol. The third-order valence-electron chi connectivity index (χ3n) is 4.65. The van der Waals surface area contributed by atoms with Crippen molar-refractivity contribution in [1.82, 2.24) is 0 Å². The van der Waals surface area contributed by atoms with Crippen LogP contribution in [0.2, 0.25) is 0 Å². The molecular weight excluding hydrogens is 451 g/mol. The maximum absolute atomic E-state index is 2.45. The minimum Gasteiger partial charge on any atom is -0.0914 e. The van der Waals surface area contributed by atoms with Crippen LogP contribution in [0, 0.1) is 35.5 Å². The van der Waals surface area contributed by atoms with Gasteiger partial charge in [-0.2, -0.15) is 0 Å². The Morgan fingerprint density at radius 2 is 1.18 bits per heavy atom. The minimum atomic E-state index is 0.758. The smallest absolute Gasteiger partial charge is 0.00211 e. The average Bonchev–Trinajstić information content (AvgIpc) is 2.59. The number of halogens is 1. The predicted molar refractivity (Wildman–Crippen MR) is 144 cm³/mol. The van der Waals surface area contributed by atoms with E-state index in [9.17, 15) is 0 Å². The summed E-state index contributed by atoms with van der Waals surface area (Å²) in [5.74, 6) is 5.03. The molecule has 1 heteroatoms. The minimum absolute atomic E-state index is 0.758. The van der Waals surface area contributed by atoms with E-state index in [0.29, 0.717) is 0 Å². The normalized spacial score (nSPS) is 15.8. The monoisotopic (exact) mass is 506 g/mol. The highest BCUT2D eigenvalue weighted by molar-refractivity contribution is 14.1. The molecule has 0 bridgehead atoms. The Kier molecular flexibility index (Phi) is 27.6. The Hall–Kier alpha value is 0.210. The molecule has 0 rings (SSSR count). The zero-order valence-electron chi connectivity index (χ0n) is 21.4. The molecule has 0 aliphatic carbocycles. The summed E-state index contributed by atoms with van der Waals surface area (Å²) in [6.07, 6.45) is 15.5. The molecule has 0 saturated heterocycles. The lowest BCUT2D eigenvalue weighted by molar-refractivity contribution is 0.383. The van der Waals surface area contributed by atoms with Crippen LogP contribution in [0.1, 0.15) is 108 Å². The summed E-state index contributed by atoms with van der Waals surface area (Å²) >= 11 is 2.45. The fourth-order valence-electron chi connectivity index (χ4n) is 3.31. The number of allylic oxidation sites excluding steroid dienone is 4. The van der Waals surface area contributed by atoms with Crippen LogP contribution in [-0.2, 0) is 0 Å². The van der Waals surface area contributed by atoms with Gasteiger partial charge in [0.15, 0.2) is 0 Å². The number of rotatable bonds is 11. The van der Waals surface area contributed by atoms with Gasteiger partial charge in [-0.1, -0.05) is 123 Å². The number of hydrogen-bond acceptors (Lipinski definition) is 0. The quantitative estimate of drug-likeness (QED) is 0.149. The van der Waals surface area contributed by atoms with Crippen molar-refractivity contribution in [3.63, 3.8) is 0 Å². The van der Waals surface area contributed by atoms with Crippen LogP contribution < -0.4 is 0 Å². The summed E-state index contributed by atoms with van der Waals surface area (Å²) in [7, 11) is 0. The van der Waals surface area contributed by atoms with E-state index in [-0.39, 0.29) is 0 Å². The van der Waals surface area contributed by atoms with Crippen molar-refractivity contribution in [2.24, 2.45) is 35.5 Å². The van der Waals surface area contributed by atoms with Crippen LogP contribution in [-0.4, -0.2) is 4.43 Å². The Morgan fingerprint density at radius 3 is 1.46 bits per heavy atom. The molecule has 0 heterocycles. The van der Waals surface area contributed by atoms with Crippen molar-refractivity contribution in [2.45, 2.75) is 108 Å². The molecule has 4 atom stereocenters. The predicted octanol–water partition coefficient (Wildman–Crippen LogP) is 10.4. The molecule has 0 amide bonds. The first-order chi connectivity index (χ1) is 13.0. The summed E-state index contributed by atoms with van der Waals surface area (Å²) in [5.41, 5.74) is 0. The van der Waals surface area contributed by atoms with Gasteiger partial charge in [-0.25, -0.2) is 0 Å². The van der Waals surface area contributed by atoms with Crippen LogP contribution in [0.15, 0.2) is 24.3 Å². The molecule has 28 heavy (non-hydrogen) atoms. The Bertz CT molecular complexity index is 340. The lowest BCUT2D eigenvalue weighted by Gasteiger charge is -2.16. The van der Waals surface area contributed by atoms with Gasteiger partial charge in [0, 0.05) is 4.43 Å². The Balaban J connectivity index is -0.000000359. The highest BCUT2D eigenvalue weighted by Crippen LogP contribution is 2.20. The first-order valence-electron chi connectivity index (χ1n) is 11.9. The zero-order valence-corrected chi connectivity index (χ0v) is 23.6. The van der Waals surface area contributed by atoms with E-state index < -0.39 is 0 Å². The summed E-state index contributed by atoms with van der Waals surface area (Å²) in [6.45, 7) is 24.9. The van der Waals surface area contributed by atoms with E-state index >= 15 is 0 Å².